The molecule has 1 aromatic heterocycles. The third-order valence-electron chi connectivity index (χ3n) is 2.90. The molecule has 0 aliphatic rings. The number of anilines is 3. The zero-order chi connectivity index (χ0) is 16.0. The van der Waals surface area contributed by atoms with E-state index >= 15 is 0 Å². The molecule has 2 N–H and O–H groups in total. The van der Waals surface area contributed by atoms with E-state index in [9.17, 15) is 8.42 Å². The number of unbranched alkanes of at least 4 members (excludes halogenated alkanes) is 1. The van der Waals surface area contributed by atoms with Gasteiger partial charge in [-0.2, -0.15) is 0 Å². The lowest BCUT2D eigenvalue weighted by Gasteiger charge is -2.09. The second-order valence-electron chi connectivity index (χ2n) is 4.84. The van der Waals surface area contributed by atoms with Gasteiger partial charge in [-0.15, -0.1) is 0 Å². The van der Waals surface area contributed by atoms with E-state index in [2.05, 4.69) is 31.0 Å². The zero-order valence-corrected chi connectivity index (χ0v) is 14.6. The molecule has 0 amide bonds. The molecule has 0 unspecified atom stereocenters. The Morgan fingerprint density at radius 2 is 2.00 bits per heavy atom. The van der Waals surface area contributed by atoms with Gasteiger partial charge in [0, 0.05) is 10.2 Å². The molecule has 0 fully saturated rings. The number of rotatable bonds is 7. The lowest BCUT2D eigenvalue weighted by molar-refractivity contribution is 0.598. The van der Waals surface area contributed by atoms with Crippen LogP contribution in [0.2, 0.25) is 0 Å². The van der Waals surface area contributed by atoms with Gasteiger partial charge in [-0.25, -0.2) is 13.4 Å². The van der Waals surface area contributed by atoms with E-state index in [0.717, 1.165) is 16.6 Å². The summed E-state index contributed by atoms with van der Waals surface area (Å²) >= 11 is 3.40. The van der Waals surface area contributed by atoms with Crippen molar-refractivity contribution in [1.82, 2.24) is 4.98 Å². The monoisotopic (exact) mass is 383 g/mol. The minimum atomic E-state index is -3.29. The number of sulfonamides is 1. The fourth-order valence-electron chi connectivity index (χ4n) is 1.81. The molecular weight excluding hydrogens is 366 g/mol. The van der Waals surface area contributed by atoms with Gasteiger partial charge in [0.15, 0.2) is 0 Å². The first-order valence-corrected chi connectivity index (χ1v) is 9.42. The largest absolute Gasteiger partial charge is 0.340 e. The van der Waals surface area contributed by atoms with E-state index in [1.54, 1.807) is 12.1 Å². The molecule has 0 aliphatic carbocycles. The number of pyridine rings is 1. The summed E-state index contributed by atoms with van der Waals surface area (Å²) in [5, 5.41) is 3.15. The van der Waals surface area contributed by atoms with E-state index in [-0.39, 0.29) is 5.75 Å². The molecule has 0 saturated heterocycles. The highest BCUT2D eigenvalue weighted by atomic mass is 79.9. The molecule has 0 radical (unpaired) electrons. The molecule has 5 nitrogen and oxygen atoms in total. The highest BCUT2D eigenvalue weighted by molar-refractivity contribution is 9.10. The van der Waals surface area contributed by atoms with E-state index in [1.807, 2.05) is 31.2 Å². The van der Waals surface area contributed by atoms with Crippen LogP contribution < -0.4 is 10.0 Å². The molecule has 0 atom stereocenters. The second kappa shape index (κ2) is 7.60. The van der Waals surface area contributed by atoms with Crippen LogP contribution in [-0.4, -0.2) is 19.2 Å². The van der Waals surface area contributed by atoms with Crippen LogP contribution in [0.3, 0.4) is 0 Å². The number of hydrogen-bond donors (Lipinski definition) is 2. The van der Waals surface area contributed by atoms with Crippen molar-refractivity contribution < 1.29 is 8.42 Å². The molecule has 0 spiro atoms. The number of nitrogens with one attached hydrogen (secondary N) is 2. The van der Waals surface area contributed by atoms with Crippen molar-refractivity contribution in [2.45, 2.75) is 19.8 Å². The first-order valence-electron chi connectivity index (χ1n) is 6.97. The highest BCUT2D eigenvalue weighted by Gasteiger charge is 2.09. The van der Waals surface area contributed by atoms with Crippen LogP contribution in [0.1, 0.15) is 19.8 Å². The number of hydrogen-bond acceptors (Lipinski definition) is 4. The third kappa shape index (κ3) is 5.31. The van der Waals surface area contributed by atoms with Gasteiger partial charge in [-0.1, -0.05) is 35.3 Å². The predicted molar refractivity (Wildman–Crippen MR) is 94.0 cm³/mol. The number of benzene rings is 1. The summed E-state index contributed by atoms with van der Waals surface area (Å²) in [6.07, 6.45) is 2.99. The van der Waals surface area contributed by atoms with Gasteiger partial charge in [-0.05, 0) is 36.8 Å². The van der Waals surface area contributed by atoms with Crippen molar-refractivity contribution in [2.24, 2.45) is 0 Å². The Hall–Kier alpha value is -1.60. The fourth-order valence-corrected chi connectivity index (χ4v) is 3.46. The van der Waals surface area contributed by atoms with Crippen LogP contribution in [0.4, 0.5) is 17.2 Å². The number of halogens is 1. The van der Waals surface area contributed by atoms with E-state index < -0.39 is 10.0 Å². The van der Waals surface area contributed by atoms with Crippen molar-refractivity contribution in [1.29, 1.82) is 0 Å². The van der Waals surface area contributed by atoms with E-state index in [0.29, 0.717) is 17.9 Å². The Bertz CT molecular complexity index is 718. The summed E-state index contributed by atoms with van der Waals surface area (Å²) in [6, 6.07) is 11.1. The van der Waals surface area contributed by atoms with Crippen LogP contribution in [0, 0.1) is 0 Å². The Balaban J connectivity index is 2.01. The van der Waals surface area contributed by atoms with Crippen LogP contribution in [-0.2, 0) is 10.0 Å². The van der Waals surface area contributed by atoms with Gasteiger partial charge in [0.05, 0.1) is 17.6 Å². The Morgan fingerprint density at radius 1 is 1.18 bits per heavy atom. The van der Waals surface area contributed by atoms with Crippen LogP contribution in [0.15, 0.2) is 47.1 Å². The van der Waals surface area contributed by atoms with Gasteiger partial charge in [0.2, 0.25) is 10.0 Å². The molecule has 1 heterocycles. The highest BCUT2D eigenvalue weighted by Crippen LogP contribution is 2.20. The average Bonchev–Trinajstić information content (AvgIpc) is 2.47. The molecule has 22 heavy (non-hydrogen) atoms. The SMILES string of the molecule is CCCCS(=O)(=O)Nc1ccc(Nc2cccc(Br)c2)nc1. The molecular formula is C15H18BrN3O2S. The number of aromatic nitrogens is 1. The zero-order valence-electron chi connectivity index (χ0n) is 12.2. The maximum atomic E-state index is 11.8. The van der Waals surface area contributed by atoms with Gasteiger partial charge in [0.1, 0.15) is 5.82 Å². The number of nitrogens with zero attached hydrogens (tertiary/aromatic N) is 1. The summed E-state index contributed by atoms with van der Waals surface area (Å²) in [4.78, 5) is 4.21. The van der Waals surface area contributed by atoms with Gasteiger partial charge >= 0.3 is 0 Å². The Morgan fingerprint density at radius 3 is 2.64 bits per heavy atom. The Labute approximate surface area is 139 Å². The normalized spacial score (nSPS) is 11.2. The smallest absolute Gasteiger partial charge is 0.232 e. The third-order valence-corrected chi connectivity index (χ3v) is 4.77. The summed E-state index contributed by atoms with van der Waals surface area (Å²) in [5.74, 6) is 0.774. The summed E-state index contributed by atoms with van der Waals surface area (Å²) in [7, 11) is -3.29. The molecule has 118 valence electrons. The quantitative estimate of drug-likeness (QED) is 0.753. The Kier molecular flexibility index (Phi) is 5.79. The predicted octanol–water partition coefficient (Wildman–Crippen LogP) is 4.13. The first-order chi connectivity index (χ1) is 10.5. The topological polar surface area (TPSA) is 71.1 Å². The van der Waals surface area contributed by atoms with E-state index in [4.69, 9.17) is 0 Å². The maximum Gasteiger partial charge on any atom is 0.232 e. The van der Waals surface area contributed by atoms with E-state index in [1.165, 1.54) is 6.20 Å². The maximum absolute atomic E-state index is 11.8. The van der Waals surface area contributed by atoms with Crippen molar-refractivity contribution in [3.05, 3.63) is 47.1 Å². The van der Waals surface area contributed by atoms with Crippen LogP contribution in [0.5, 0.6) is 0 Å². The standard InChI is InChI=1S/C15H18BrN3O2S/c1-2-3-9-22(20,21)19-14-7-8-15(17-11-14)18-13-6-4-5-12(16)10-13/h4-8,10-11,19H,2-3,9H2,1H3,(H,17,18). The van der Waals surface area contributed by atoms with Gasteiger partial charge in [-0.3, -0.25) is 4.72 Å². The lowest BCUT2D eigenvalue weighted by Crippen LogP contribution is -2.16. The second-order valence-corrected chi connectivity index (χ2v) is 7.60. The molecule has 1 aromatic carbocycles. The molecule has 0 bridgehead atoms. The molecule has 2 aromatic rings. The summed E-state index contributed by atoms with van der Waals surface area (Å²) < 4.78 is 27.1. The summed E-state index contributed by atoms with van der Waals surface area (Å²) in [6.45, 7) is 1.96. The average molecular weight is 384 g/mol. The minimum absolute atomic E-state index is 0.127. The van der Waals surface area contributed by atoms with Gasteiger partial charge < -0.3 is 5.32 Å². The summed E-state index contributed by atoms with van der Waals surface area (Å²) in [5.41, 5.74) is 1.37. The molecule has 0 aliphatic heterocycles. The van der Waals surface area contributed by atoms with Crippen molar-refractivity contribution in [3.8, 4) is 0 Å². The molecule has 0 saturated carbocycles. The van der Waals surface area contributed by atoms with Crippen molar-refractivity contribution >= 4 is 43.1 Å². The van der Waals surface area contributed by atoms with Crippen LogP contribution >= 0.6 is 15.9 Å². The fraction of sp³-hybridized carbons (Fsp3) is 0.267. The first kappa shape index (κ1) is 16.8. The van der Waals surface area contributed by atoms with Crippen LogP contribution in [0.25, 0.3) is 0 Å². The van der Waals surface area contributed by atoms with Gasteiger partial charge in [0.25, 0.3) is 0 Å². The van der Waals surface area contributed by atoms with Crippen molar-refractivity contribution in [3.63, 3.8) is 0 Å². The molecule has 7 heteroatoms. The molecule has 2 rings (SSSR count). The lowest BCUT2D eigenvalue weighted by atomic mass is 10.3. The van der Waals surface area contributed by atoms with Crippen molar-refractivity contribution in [2.75, 3.05) is 15.8 Å². The minimum Gasteiger partial charge on any atom is -0.340 e.